The predicted molar refractivity (Wildman–Crippen MR) is 88.2 cm³/mol. The highest BCUT2D eigenvalue weighted by Gasteiger charge is 2.09. The van der Waals surface area contributed by atoms with Crippen molar-refractivity contribution in [3.8, 4) is 11.5 Å². The van der Waals surface area contributed by atoms with Crippen molar-refractivity contribution in [3.05, 3.63) is 34.6 Å². The Hall–Kier alpha value is -2.21. The van der Waals surface area contributed by atoms with E-state index in [0.717, 1.165) is 12.1 Å². The summed E-state index contributed by atoms with van der Waals surface area (Å²) in [6, 6.07) is 3.50. The van der Waals surface area contributed by atoms with Crippen LogP contribution in [0.1, 0.15) is 24.6 Å². The maximum atomic E-state index is 6.27. The first-order chi connectivity index (χ1) is 10.5. The molecule has 0 atom stereocenters. The average Bonchev–Trinajstić information content (AvgIpc) is 2.81. The first-order valence-electron chi connectivity index (χ1n) is 6.91. The standard InChI is InChI=1S/C15H19ClN4O2/c1-4-5-22-14-7-12(16)11(6-13(14)21-3)8-18-20-9-10(2)19-15(20)17/h6-9H,4-5H2,1-3H3,(H2,17,19). The number of methoxy groups -OCH3 is 1. The second-order valence-electron chi connectivity index (χ2n) is 4.70. The van der Waals surface area contributed by atoms with Gasteiger partial charge in [-0.3, -0.25) is 0 Å². The van der Waals surface area contributed by atoms with Crippen molar-refractivity contribution in [1.82, 2.24) is 9.66 Å². The van der Waals surface area contributed by atoms with E-state index in [1.54, 1.807) is 31.7 Å². The third kappa shape index (κ3) is 3.71. The number of nitrogens with zero attached hydrogens (tertiary/aromatic N) is 3. The Morgan fingerprint density at radius 1 is 1.41 bits per heavy atom. The van der Waals surface area contributed by atoms with E-state index in [0.29, 0.717) is 34.6 Å². The van der Waals surface area contributed by atoms with Crippen LogP contribution in [-0.4, -0.2) is 29.6 Å². The first kappa shape index (κ1) is 16.2. The van der Waals surface area contributed by atoms with E-state index in [1.807, 2.05) is 13.8 Å². The number of hydrogen-bond donors (Lipinski definition) is 1. The van der Waals surface area contributed by atoms with Gasteiger partial charge in [0.25, 0.3) is 0 Å². The molecule has 0 bridgehead atoms. The Morgan fingerprint density at radius 2 is 2.18 bits per heavy atom. The molecule has 0 amide bonds. The van der Waals surface area contributed by atoms with Gasteiger partial charge >= 0.3 is 0 Å². The van der Waals surface area contributed by atoms with E-state index in [2.05, 4.69) is 10.1 Å². The van der Waals surface area contributed by atoms with Crippen molar-refractivity contribution in [2.75, 3.05) is 19.5 Å². The van der Waals surface area contributed by atoms with Crippen molar-refractivity contribution in [2.45, 2.75) is 20.3 Å². The molecule has 0 aliphatic carbocycles. The molecule has 118 valence electrons. The summed E-state index contributed by atoms with van der Waals surface area (Å²) in [5, 5.41) is 4.77. The lowest BCUT2D eigenvalue weighted by molar-refractivity contribution is 0.294. The lowest BCUT2D eigenvalue weighted by Crippen LogP contribution is -2.00. The summed E-state index contributed by atoms with van der Waals surface area (Å²) in [6.45, 7) is 4.48. The van der Waals surface area contributed by atoms with E-state index in [1.165, 1.54) is 4.68 Å². The highest BCUT2D eigenvalue weighted by molar-refractivity contribution is 6.33. The van der Waals surface area contributed by atoms with E-state index in [-0.39, 0.29) is 0 Å². The smallest absolute Gasteiger partial charge is 0.221 e. The van der Waals surface area contributed by atoms with Crippen LogP contribution in [0.5, 0.6) is 11.5 Å². The average molecular weight is 323 g/mol. The number of benzene rings is 1. The van der Waals surface area contributed by atoms with Gasteiger partial charge in [-0.15, -0.1) is 0 Å². The molecule has 1 aromatic heterocycles. The van der Waals surface area contributed by atoms with Crippen LogP contribution in [0, 0.1) is 6.92 Å². The second kappa shape index (κ2) is 7.17. The van der Waals surface area contributed by atoms with Gasteiger partial charge in [0.05, 0.1) is 36.8 Å². The van der Waals surface area contributed by atoms with Crippen molar-refractivity contribution in [2.24, 2.45) is 5.10 Å². The van der Waals surface area contributed by atoms with Gasteiger partial charge in [-0.2, -0.15) is 5.10 Å². The molecule has 0 radical (unpaired) electrons. The van der Waals surface area contributed by atoms with Crippen molar-refractivity contribution in [1.29, 1.82) is 0 Å². The van der Waals surface area contributed by atoms with E-state index < -0.39 is 0 Å². The molecule has 22 heavy (non-hydrogen) atoms. The van der Waals surface area contributed by atoms with Gasteiger partial charge in [0.1, 0.15) is 0 Å². The number of ether oxygens (including phenoxy) is 2. The number of aryl methyl sites for hydroxylation is 1. The van der Waals surface area contributed by atoms with Gasteiger partial charge in [-0.25, -0.2) is 9.66 Å². The van der Waals surface area contributed by atoms with Gasteiger partial charge in [-0.1, -0.05) is 18.5 Å². The quantitative estimate of drug-likeness (QED) is 0.829. The van der Waals surface area contributed by atoms with Crippen LogP contribution < -0.4 is 15.2 Å². The molecule has 2 N–H and O–H groups in total. The number of aromatic nitrogens is 2. The molecule has 0 spiro atoms. The minimum atomic E-state index is 0.319. The minimum absolute atomic E-state index is 0.319. The van der Waals surface area contributed by atoms with Crippen LogP contribution in [0.2, 0.25) is 5.02 Å². The topological polar surface area (TPSA) is 74.7 Å². The van der Waals surface area contributed by atoms with Crippen molar-refractivity contribution >= 4 is 23.8 Å². The fourth-order valence-corrected chi connectivity index (χ4v) is 2.06. The number of nitrogen functional groups attached to an aromatic ring is 1. The highest BCUT2D eigenvalue weighted by Crippen LogP contribution is 2.32. The van der Waals surface area contributed by atoms with Crippen LogP contribution >= 0.6 is 11.6 Å². The van der Waals surface area contributed by atoms with Crippen LogP contribution in [0.4, 0.5) is 5.95 Å². The Balaban J connectivity index is 2.29. The second-order valence-corrected chi connectivity index (χ2v) is 5.11. The summed E-state index contributed by atoms with van der Waals surface area (Å²) in [5.74, 6) is 1.54. The molecule has 0 fully saturated rings. The molecule has 0 unspecified atom stereocenters. The lowest BCUT2D eigenvalue weighted by Gasteiger charge is -2.11. The zero-order chi connectivity index (χ0) is 16.1. The molecule has 2 aromatic rings. The van der Waals surface area contributed by atoms with Gasteiger partial charge in [0.15, 0.2) is 11.5 Å². The summed E-state index contributed by atoms with van der Waals surface area (Å²) >= 11 is 6.27. The number of anilines is 1. The van der Waals surface area contributed by atoms with E-state index in [9.17, 15) is 0 Å². The fraction of sp³-hybridized carbons (Fsp3) is 0.333. The van der Waals surface area contributed by atoms with Crippen molar-refractivity contribution < 1.29 is 9.47 Å². The Labute approximate surface area is 134 Å². The number of halogens is 1. The van der Waals surface area contributed by atoms with Crippen LogP contribution in [-0.2, 0) is 0 Å². The van der Waals surface area contributed by atoms with Gasteiger partial charge in [-0.05, 0) is 19.4 Å². The van der Waals surface area contributed by atoms with Gasteiger partial charge in [0, 0.05) is 11.6 Å². The van der Waals surface area contributed by atoms with Gasteiger partial charge in [0.2, 0.25) is 5.95 Å². The molecule has 6 nitrogen and oxygen atoms in total. The van der Waals surface area contributed by atoms with Crippen LogP contribution in [0.15, 0.2) is 23.4 Å². The zero-order valence-electron chi connectivity index (χ0n) is 12.8. The summed E-state index contributed by atoms with van der Waals surface area (Å²) in [5.41, 5.74) is 7.23. The molecular formula is C15H19ClN4O2. The normalized spacial score (nSPS) is 11.1. The molecule has 0 aliphatic heterocycles. The Morgan fingerprint density at radius 3 is 2.77 bits per heavy atom. The summed E-state index contributed by atoms with van der Waals surface area (Å²) in [4.78, 5) is 4.08. The number of imidazole rings is 1. The molecule has 0 aliphatic rings. The summed E-state index contributed by atoms with van der Waals surface area (Å²) in [7, 11) is 1.58. The third-order valence-electron chi connectivity index (χ3n) is 2.90. The first-order valence-corrected chi connectivity index (χ1v) is 7.29. The molecule has 1 heterocycles. The Kier molecular flexibility index (Phi) is 5.27. The molecule has 7 heteroatoms. The maximum Gasteiger partial charge on any atom is 0.221 e. The lowest BCUT2D eigenvalue weighted by atomic mass is 10.2. The summed E-state index contributed by atoms with van der Waals surface area (Å²) in [6.07, 6.45) is 4.24. The molecule has 2 rings (SSSR count). The number of rotatable bonds is 6. The maximum absolute atomic E-state index is 6.27. The molecule has 0 saturated carbocycles. The molecular weight excluding hydrogens is 304 g/mol. The van der Waals surface area contributed by atoms with Crippen LogP contribution in [0.25, 0.3) is 0 Å². The van der Waals surface area contributed by atoms with E-state index in [4.69, 9.17) is 26.8 Å². The third-order valence-corrected chi connectivity index (χ3v) is 3.23. The van der Waals surface area contributed by atoms with Crippen molar-refractivity contribution in [3.63, 3.8) is 0 Å². The minimum Gasteiger partial charge on any atom is -0.493 e. The fourth-order valence-electron chi connectivity index (χ4n) is 1.85. The molecule has 0 saturated heterocycles. The zero-order valence-corrected chi connectivity index (χ0v) is 13.6. The largest absolute Gasteiger partial charge is 0.493 e. The predicted octanol–water partition coefficient (Wildman–Crippen LogP) is 3.11. The summed E-state index contributed by atoms with van der Waals surface area (Å²) < 4.78 is 12.4. The number of nitrogens with two attached hydrogens (primary N) is 1. The monoisotopic (exact) mass is 322 g/mol. The van der Waals surface area contributed by atoms with Crippen LogP contribution in [0.3, 0.4) is 0 Å². The Bertz CT molecular complexity index is 682. The SMILES string of the molecule is CCCOc1cc(Cl)c(C=Nn2cc(C)nc2N)cc1OC. The number of hydrogen-bond acceptors (Lipinski definition) is 5. The highest BCUT2D eigenvalue weighted by atomic mass is 35.5. The molecule has 1 aromatic carbocycles. The van der Waals surface area contributed by atoms with Gasteiger partial charge < -0.3 is 15.2 Å². The van der Waals surface area contributed by atoms with E-state index >= 15 is 0 Å².